The molecule has 6 N–H and O–H groups in total. The summed E-state index contributed by atoms with van der Waals surface area (Å²) in [5.41, 5.74) is 11.1. The molecule has 13 heteroatoms. The normalized spacial score (nSPS) is 11.1. The average Bonchev–Trinajstić information content (AvgIpc) is 3.17. The molecule has 1 aromatic carbocycles. The standard InChI is InChI=1S/C10H12N2O3.C9H7N3O5/c1-15-10(14)7-4-2-6(3-5-7)8(11)9(12)13;1-17-8(16)5-2-4(7(14)15)10-9-11-6(13)3-12(5)9/h2-5,8H,11H2,1H3,(H2,12,13);2-3,13H,1H3,(H,14,15)/t8-;/m1./s1. The van der Waals surface area contributed by atoms with Gasteiger partial charge >= 0.3 is 17.9 Å². The third-order valence-corrected chi connectivity index (χ3v) is 4.04. The number of nitrogens with zero attached hydrogens (tertiary/aromatic N) is 3. The van der Waals surface area contributed by atoms with E-state index in [2.05, 4.69) is 19.4 Å². The maximum atomic E-state index is 11.4. The molecule has 3 aromatic rings. The second kappa shape index (κ2) is 9.99. The van der Waals surface area contributed by atoms with Gasteiger partial charge in [0.05, 0.1) is 26.0 Å². The van der Waals surface area contributed by atoms with Gasteiger partial charge in [0, 0.05) is 6.07 Å². The van der Waals surface area contributed by atoms with Gasteiger partial charge in [-0.1, -0.05) is 12.1 Å². The summed E-state index contributed by atoms with van der Waals surface area (Å²) >= 11 is 0. The van der Waals surface area contributed by atoms with Crippen LogP contribution in [0.5, 0.6) is 5.88 Å². The van der Waals surface area contributed by atoms with E-state index in [0.29, 0.717) is 11.1 Å². The maximum Gasteiger partial charge on any atom is 0.355 e. The summed E-state index contributed by atoms with van der Waals surface area (Å²) in [5.74, 6) is -3.57. The topological polar surface area (TPSA) is 209 Å². The van der Waals surface area contributed by atoms with Gasteiger partial charge in [-0.15, -0.1) is 0 Å². The van der Waals surface area contributed by atoms with Crippen molar-refractivity contribution in [3.8, 4) is 5.88 Å². The number of carboxylic acids is 1. The van der Waals surface area contributed by atoms with Crippen molar-refractivity contribution in [3.63, 3.8) is 0 Å². The molecule has 168 valence electrons. The zero-order valence-corrected chi connectivity index (χ0v) is 16.9. The Morgan fingerprint density at radius 2 is 1.62 bits per heavy atom. The summed E-state index contributed by atoms with van der Waals surface area (Å²) < 4.78 is 10.2. The lowest BCUT2D eigenvalue weighted by atomic mass is 10.1. The van der Waals surface area contributed by atoms with Gasteiger partial charge in [-0.25, -0.2) is 19.4 Å². The highest BCUT2D eigenvalue weighted by atomic mass is 16.5. The molecular weight excluding hydrogens is 426 g/mol. The van der Waals surface area contributed by atoms with Gasteiger partial charge in [0.25, 0.3) is 0 Å². The molecule has 0 fully saturated rings. The molecule has 2 heterocycles. The van der Waals surface area contributed by atoms with Crippen molar-refractivity contribution in [3.05, 3.63) is 59.0 Å². The molecule has 32 heavy (non-hydrogen) atoms. The van der Waals surface area contributed by atoms with Gasteiger partial charge in [-0.2, -0.15) is 4.98 Å². The SMILES string of the molecule is COC(=O)c1cc(C(=O)O)nc2nc(O)cn12.COC(=O)c1ccc([C@@H](N)C(N)=O)cc1. The Morgan fingerprint density at radius 3 is 2.12 bits per heavy atom. The summed E-state index contributed by atoms with van der Waals surface area (Å²) in [5, 5.41) is 18.0. The number of rotatable bonds is 5. The molecule has 0 aliphatic rings. The van der Waals surface area contributed by atoms with E-state index >= 15 is 0 Å². The Balaban J connectivity index is 0.000000229. The fourth-order valence-electron chi connectivity index (χ4n) is 2.43. The zero-order chi connectivity index (χ0) is 24.0. The Morgan fingerprint density at radius 1 is 1.03 bits per heavy atom. The molecule has 0 aliphatic heterocycles. The lowest BCUT2D eigenvalue weighted by Gasteiger charge is -2.07. The number of carbonyl (C=O) groups excluding carboxylic acids is 3. The molecule has 0 saturated heterocycles. The van der Waals surface area contributed by atoms with E-state index in [0.717, 1.165) is 23.8 Å². The van der Waals surface area contributed by atoms with Crippen LogP contribution in [0.15, 0.2) is 36.5 Å². The second-order valence-corrected chi connectivity index (χ2v) is 6.09. The molecule has 1 atom stereocenters. The molecular formula is C19H19N5O8. The molecule has 0 unspecified atom stereocenters. The average molecular weight is 445 g/mol. The maximum absolute atomic E-state index is 11.4. The van der Waals surface area contributed by atoms with Crippen LogP contribution in [-0.4, -0.2) is 62.6 Å². The highest BCUT2D eigenvalue weighted by Crippen LogP contribution is 2.14. The van der Waals surface area contributed by atoms with Crippen molar-refractivity contribution in [2.75, 3.05) is 14.2 Å². The predicted molar refractivity (Wildman–Crippen MR) is 107 cm³/mol. The number of aromatic hydroxyl groups is 1. The number of hydrogen-bond acceptors (Lipinski definition) is 10. The van der Waals surface area contributed by atoms with E-state index in [1.54, 1.807) is 12.1 Å². The fourth-order valence-corrected chi connectivity index (χ4v) is 2.43. The molecule has 0 radical (unpaired) electrons. The van der Waals surface area contributed by atoms with Gasteiger partial charge in [0.15, 0.2) is 5.69 Å². The minimum Gasteiger partial charge on any atom is -0.492 e. The monoisotopic (exact) mass is 445 g/mol. The Kier molecular flexibility index (Phi) is 7.42. The number of hydrogen-bond donors (Lipinski definition) is 4. The summed E-state index contributed by atoms with van der Waals surface area (Å²) in [7, 11) is 2.46. The van der Waals surface area contributed by atoms with Crippen molar-refractivity contribution in [1.29, 1.82) is 0 Å². The lowest BCUT2D eigenvalue weighted by molar-refractivity contribution is -0.119. The van der Waals surface area contributed by atoms with Gasteiger partial charge in [0.1, 0.15) is 11.7 Å². The molecule has 2 aromatic heterocycles. The van der Waals surface area contributed by atoms with E-state index in [1.807, 2.05) is 0 Å². The molecule has 3 rings (SSSR count). The number of nitrogens with two attached hydrogens (primary N) is 2. The van der Waals surface area contributed by atoms with E-state index in [-0.39, 0.29) is 23.0 Å². The largest absolute Gasteiger partial charge is 0.492 e. The third kappa shape index (κ3) is 5.34. The van der Waals surface area contributed by atoms with Gasteiger partial charge in [-0.05, 0) is 17.7 Å². The van der Waals surface area contributed by atoms with Gasteiger partial charge in [-0.3, -0.25) is 9.20 Å². The molecule has 0 aliphatic carbocycles. The molecule has 0 bridgehead atoms. The lowest BCUT2D eigenvalue weighted by Crippen LogP contribution is -2.28. The first-order chi connectivity index (χ1) is 15.1. The highest BCUT2D eigenvalue weighted by Gasteiger charge is 2.18. The minimum absolute atomic E-state index is 0.0808. The minimum atomic E-state index is -1.31. The number of carboxylic acid groups (broad SMARTS) is 1. The van der Waals surface area contributed by atoms with E-state index in [1.165, 1.54) is 19.2 Å². The Bertz CT molecular complexity index is 1170. The molecule has 1 amide bonds. The third-order valence-electron chi connectivity index (χ3n) is 4.04. The number of aromatic carboxylic acids is 1. The van der Waals surface area contributed by atoms with Crippen molar-refractivity contribution < 1.29 is 38.9 Å². The summed E-state index contributed by atoms with van der Waals surface area (Å²) in [6.07, 6.45) is 1.14. The van der Waals surface area contributed by atoms with E-state index in [4.69, 9.17) is 16.6 Å². The van der Waals surface area contributed by atoms with Crippen LogP contribution in [0.1, 0.15) is 42.9 Å². The number of ether oxygens (including phenoxy) is 2. The smallest absolute Gasteiger partial charge is 0.355 e. The van der Waals surface area contributed by atoms with Crippen molar-refractivity contribution in [2.45, 2.75) is 6.04 Å². The number of primary amides is 1. The number of imidazole rings is 1. The van der Waals surface area contributed by atoms with Crippen LogP contribution in [0.2, 0.25) is 0 Å². The first-order valence-corrected chi connectivity index (χ1v) is 8.73. The zero-order valence-electron chi connectivity index (χ0n) is 16.9. The quantitative estimate of drug-likeness (QED) is 0.380. The van der Waals surface area contributed by atoms with E-state index < -0.39 is 29.9 Å². The Labute approximate surface area is 180 Å². The number of esters is 2. The predicted octanol–water partition coefficient (Wildman–Crippen LogP) is -0.122. The van der Waals surface area contributed by atoms with Crippen LogP contribution in [0.3, 0.4) is 0 Å². The highest BCUT2D eigenvalue weighted by molar-refractivity contribution is 5.93. The summed E-state index contributed by atoms with van der Waals surface area (Å²) in [6, 6.07) is 6.40. The van der Waals surface area contributed by atoms with Gasteiger partial charge < -0.3 is 31.2 Å². The van der Waals surface area contributed by atoms with E-state index in [9.17, 15) is 24.3 Å². The van der Waals surface area contributed by atoms with Crippen LogP contribution in [0.25, 0.3) is 5.78 Å². The number of benzene rings is 1. The number of fused-ring (bicyclic) bond motifs is 1. The number of methoxy groups -OCH3 is 2. The van der Waals surface area contributed by atoms with Crippen LogP contribution < -0.4 is 11.5 Å². The van der Waals surface area contributed by atoms with Crippen molar-refractivity contribution in [2.24, 2.45) is 11.5 Å². The number of amides is 1. The van der Waals surface area contributed by atoms with Crippen LogP contribution in [0, 0.1) is 0 Å². The summed E-state index contributed by atoms with van der Waals surface area (Å²) in [4.78, 5) is 51.3. The number of aromatic nitrogens is 3. The molecule has 0 spiro atoms. The Hall–Kier alpha value is -4.52. The number of carbonyl (C=O) groups is 4. The van der Waals surface area contributed by atoms with Crippen molar-refractivity contribution in [1.82, 2.24) is 14.4 Å². The van der Waals surface area contributed by atoms with Crippen LogP contribution >= 0.6 is 0 Å². The molecule has 0 saturated carbocycles. The van der Waals surface area contributed by atoms with Crippen LogP contribution in [-0.2, 0) is 14.3 Å². The first-order valence-electron chi connectivity index (χ1n) is 8.73. The second-order valence-electron chi connectivity index (χ2n) is 6.09. The van der Waals surface area contributed by atoms with Crippen LogP contribution in [0.4, 0.5) is 0 Å². The summed E-state index contributed by atoms with van der Waals surface area (Å²) in [6.45, 7) is 0. The molecule has 13 nitrogen and oxygen atoms in total. The van der Waals surface area contributed by atoms with Gasteiger partial charge in [0.2, 0.25) is 17.6 Å². The first kappa shape index (κ1) is 23.8. The fraction of sp³-hybridized carbons (Fsp3) is 0.158. The van der Waals surface area contributed by atoms with Crippen molar-refractivity contribution >= 4 is 29.6 Å².